The molecule has 1 aliphatic heterocycles. The minimum Gasteiger partial charge on any atom is -0.481 e. The van der Waals surface area contributed by atoms with Gasteiger partial charge in [0.05, 0.1) is 5.92 Å². The molecule has 1 heterocycles. The molecule has 0 atom stereocenters. The Kier molecular flexibility index (Phi) is 4.16. The van der Waals surface area contributed by atoms with Gasteiger partial charge in [0.2, 0.25) is 0 Å². The summed E-state index contributed by atoms with van der Waals surface area (Å²) in [6, 6.07) is 2.27. The van der Waals surface area contributed by atoms with E-state index >= 15 is 0 Å². The fourth-order valence-electron chi connectivity index (χ4n) is 2.16. The van der Waals surface area contributed by atoms with Crippen LogP contribution in [0, 0.1) is 17.6 Å². The number of nitrogens with one attached hydrogen (secondary N) is 1. The number of anilines is 1. The van der Waals surface area contributed by atoms with E-state index in [2.05, 4.69) is 5.32 Å². The summed E-state index contributed by atoms with van der Waals surface area (Å²) in [5.74, 6) is -2.85. The van der Waals surface area contributed by atoms with Gasteiger partial charge in [0.1, 0.15) is 11.6 Å². The highest BCUT2D eigenvalue weighted by molar-refractivity contribution is 5.89. The van der Waals surface area contributed by atoms with Crippen molar-refractivity contribution in [3.8, 4) is 0 Å². The summed E-state index contributed by atoms with van der Waals surface area (Å²) in [5.41, 5.74) is 0.0351. The normalized spacial score (nSPS) is 16.0. The molecule has 108 valence electrons. The predicted molar refractivity (Wildman–Crippen MR) is 67.3 cm³/mol. The van der Waals surface area contributed by atoms with Crippen LogP contribution in [0.1, 0.15) is 12.8 Å². The molecule has 5 nitrogen and oxygen atoms in total. The first-order chi connectivity index (χ1) is 9.45. The maximum absolute atomic E-state index is 13.0. The number of aliphatic carboxylic acids is 1. The molecule has 1 fully saturated rings. The largest absolute Gasteiger partial charge is 0.481 e. The molecule has 2 rings (SSSR count). The molecule has 0 spiro atoms. The number of carboxylic acids is 1. The monoisotopic (exact) mass is 284 g/mol. The number of likely N-dealkylation sites (tertiary alicyclic amines) is 1. The molecule has 0 radical (unpaired) electrons. The Labute approximate surface area is 114 Å². The SMILES string of the molecule is O=C(O)C1CCN(C(=O)Nc2cc(F)cc(F)c2)CC1. The van der Waals surface area contributed by atoms with Crippen LogP contribution in [0.5, 0.6) is 0 Å². The van der Waals surface area contributed by atoms with Crippen molar-refractivity contribution in [1.29, 1.82) is 0 Å². The van der Waals surface area contributed by atoms with Gasteiger partial charge in [-0.2, -0.15) is 0 Å². The smallest absolute Gasteiger partial charge is 0.321 e. The fourth-order valence-corrected chi connectivity index (χ4v) is 2.16. The summed E-state index contributed by atoms with van der Waals surface area (Å²) in [5, 5.41) is 11.3. The molecular formula is C13H14F2N2O3. The predicted octanol–water partition coefficient (Wildman–Crippen LogP) is 2.29. The van der Waals surface area contributed by atoms with E-state index < -0.39 is 29.6 Å². The number of hydrogen-bond acceptors (Lipinski definition) is 2. The van der Waals surface area contributed by atoms with Crippen LogP contribution >= 0.6 is 0 Å². The van der Waals surface area contributed by atoms with Crippen molar-refractivity contribution >= 4 is 17.7 Å². The highest BCUT2D eigenvalue weighted by atomic mass is 19.1. The lowest BCUT2D eigenvalue weighted by Gasteiger charge is -2.30. The molecule has 0 aromatic heterocycles. The van der Waals surface area contributed by atoms with Gasteiger partial charge in [0, 0.05) is 24.8 Å². The second-order valence-electron chi connectivity index (χ2n) is 4.69. The number of hydrogen-bond donors (Lipinski definition) is 2. The van der Waals surface area contributed by atoms with Crippen LogP contribution < -0.4 is 5.32 Å². The first-order valence-corrected chi connectivity index (χ1v) is 6.20. The van der Waals surface area contributed by atoms with E-state index in [0.717, 1.165) is 12.1 Å². The topological polar surface area (TPSA) is 69.6 Å². The third kappa shape index (κ3) is 3.43. The first kappa shape index (κ1) is 14.2. The van der Waals surface area contributed by atoms with E-state index in [4.69, 9.17) is 5.11 Å². The van der Waals surface area contributed by atoms with E-state index in [1.807, 2.05) is 0 Å². The molecule has 1 aromatic carbocycles. The number of rotatable bonds is 2. The number of nitrogens with zero attached hydrogens (tertiary/aromatic N) is 1. The molecule has 2 amide bonds. The lowest BCUT2D eigenvalue weighted by molar-refractivity contribution is -0.143. The average Bonchev–Trinajstić information content (AvgIpc) is 2.37. The Balaban J connectivity index is 1.94. The van der Waals surface area contributed by atoms with Crippen molar-refractivity contribution in [2.45, 2.75) is 12.8 Å². The molecule has 0 bridgehead atoms. The number of halogens is 2. The summed E-state index contributed by atoms with van der Waals surface area (Å²) in [7, 11) is 0. The highest BCUT2D eigenvalue weighted by Crippen LogP contribution is 2.19. The van der Waals surface area contributed by atoms with Gasteiger partial charge >= 0.3 is 12.0 Å². The zero-order valence-corrected chi connectivity index (χ0v) is 10.6. The Hall–Kier alpha value is -2.18. The first-order valence-electron chi connectivity index (χ1n) is 6.20. The molecule has 0 unspecified atom stereocenters. The zero-order chi connectivity index (χ0) is 14.7. The fraction of sp³-hybridized carbons (Fsp3) is 0.385. The zero-order valence-electron chi connectivity index (χ0n) is 10.6. The Morgan fingerprint density at radius 1 is 1.15 bits per heavy atom. The van der Waals surface area contributed by atoms with Gasteiger partial charge in [-0.1, -0.05) is 0 Å². The van der Waals surface area contributed by atoms with Crippen molar-refractivity contribution in [1.82, 2.24) is 4.90 Å². The van der Waals surface area contributed by atoms with Gasteiger partial charge in [-0.25, -0.2) is 13.6 Å². The van der Waals surface area contributed by atoms with Crippen LogP contribution in [0.2, 0.25) is 0 Å². The summed E-state index contributed by atoms with van der Waals surface area (Å²) >= 11 is 0. The highest BCUT2D eigenvalue weighted by Gasteiger charge is 2.27. The lowest BCUT2D eigenvalue weighted by atomic mass is 9.97. The maximum Gasteiger partial charge on any atom is 0.321 e. The number of urea groups is 1. The van der Waals surface area contributed by atoms with Crippen LogP contribution in [0.4, 0.5) is 19.3 Å². The molecule has 0 saturated carbocycles. The van der Waals surface area contributed by atoms with E-state index in [0.29, 0.717) is 32.0 Å². The Morgan fingerprint density at radius 2 is 1.70 bits per heavy atom. The summed E-state index contributed by atoms with van der Waals surface area (Å²) in [4.78, 5) is 24.1. The van der Waals surface area contributed by atoms with Crippen molar-refractivity contribution in [3.05, 3.63) is 29.8 Å². The van der Waals surface area contributed by atoms with Crippen LogP contribution in [0.3, 0.4) is 0 Å². The number of carbonyl (C=O) groups excluding carboxylic acids is 1. The molecule has 1 aromatic rings. The van der Waals surface area contributed by atoms with E-state index in [9.17, 15) is 18.4 Å². The van der Waals surface area contributed by atoms with Gasteiger partial charge in [0.25, 0.3) is 0 Å². The Bertz CT molecular complexity index is 508. The summed E-state index contributed by atoms with van der Waals surface area (Å²) in [6.07, 6.45) is 0.751. The van der Waals surface area contributed by atoms with E-state index in [1.165, 1.54) is 4.90 Å². The molecule has 0 aliphatic carbocycles. The molecule has 1 saturated heterocycles. The third-order valence-electron chi connectivity index (χ3n) is 3.25. The number of piperidine rings is 1. The minimum atomic E-state index is -0.864. The van der Waals surface area contributed by atoms with Crippen molar-refractivity contribution < 1.29 is 23.5 Å². The maximum atomic E-state index is 13.0. The van der Waals surface area contributed by atoms with E-state index in [1.54, 1.807) is 0 Å². The number of carbonyl (C=O) groups is 2. The van der Waals surface area contributed by atoms with Gasteiger partial charge < -0.3 is 15.3 Å². The molecule has 7 heteroatoms. The van der Waals surface area contributed by atoms with Crippen LogP contribution in [-0.2, 0) is 4.79 Å². The molecule has 20 heavy (non-hydrogen) atoms. The number of carboxylic acid groups (broad SMARTS) is 1. The van der Waals surface area contributed by atoms with Crippen LogP contribution in [-0.4, -0.2) is 35.1 Å². The quantitative estimate of drug-likeness (QED) is 0.875. The minimum absolute atomic E-state index is 0.0351. The third-order valence-corrected chi connectivity index (χ3v) is 3.25. The average molecular weight is 284 g/mol. The molecule has 2 N–H and O–H groups in total. The standard InChI is InChI=1S/C13H14F2N2O3/c14-9-5-10(15)7-11(6-9)16-13(20)17-3-1-8(2-4-17)12(18)19/h5-8H,1-4H2,(H,16,20)(H,18,19). The number of benzene rings is 1. The van der Waals surface area contributed by atoms with Crippen molar-refractivity contribution in [2.75, 3.05) is 18.4 Å². The van der Waals surface area contributed by atoms with Crippen molar-refractivity contribution in [3.63, 3.8) is 0 Å². The van der Waals surface area contributed by atoms with E-state index in [-0.39, 0.29) is 5.69 Å². The van der Waals surface area contributed by atoms with Gasteiger partial charge in [0.15, 0.2) is 0 Å². The molecular weight excluding hydrogens is 270 g/mol. The number of amides is 2. The van der Waals surface area contributed by atoms with Crippen LogP contribution in [0.25, 0.3) is 0 Å². The summed E-state index contributed by atoms with van der Waals surface area (Å²) < 4.78 is 26.0. The summed E-state index contributed by atoms with van der Waals surface area (Å²) in [6.45, 7) is 0.612. The molecule has 1 aliphatic rings. The lowest BCUT2D eigenvalue weighted by Crippen LogP contribution is -2.42. The Morgan fingerprint density at radius 3 is 2.20 bits per heavy atom. The van der Waals surface area contributed by atoms with Crippen LogP contribution in [0.15, 0.2) is 18.2 Å². The van der Waals surface area contributed by atoms with Gasteiger partial charge in [-0.05, 0) is 25.0 Å². The van der Waals surface area contributed by atoms with Gasteiger partial charge in [-0.3, -0.25) is 4.79 Å². The van der Waals surface area contributed by atoms with Crippen molar-refractivity contribution in [2.24, 2.45) is 5.92 Å². The second-order valence-corrected chi connectivity index (χ2v) is 4.69. The second kappa shape index (κ2) is 5.85. The van der Waals surface area contributed by atoms with Gasteiger partial charge in [-0.15, -0.1) is 0 Å².